The highest BCUT2D eigenvalue weighted by Gasteiger charge is 2.29. The maximum absolute atomic E-state index is 13.6. The number of aryl methyl sites for hydroxylation is 2. The number of rotatable bonds is 11. The fourth-order valence-corrected chi connectivity index (χ4v) is 5.62. The normalized spacial score (nSPS) is 11.1. The molecule has 0 heterocycles. The zero-order chi connectivity index (χ0) is 24.6. The van der Waals surface area contributed by atoms with Crippen LogP contribution in [0.15, 0.2) is 82.6 Å². The summed E-state index contributed by atoms with van der Waals surface area (Å²) in [5.41, 5.74) is 2.14. The first kappa shape index (κ1) is 25.6. The number of sulfonamides is 1. The maximum Gasteiger partial charge on any atom is 0.264 e. The number of ether oxygens (including phenoxy) is 1. The maximum atomic E-state index is 13.6. The molecule has 0 radical (unpaired) electrons. The van der Waals surface area contributed by atoms with E-state index in [4.69, 9.17) is 4.74 Å². The third-order valence-electron chi connectivity index (χ3n) is 5.15. The summed E-state index contributed by atoms with van der Waals surface area (Å²) in [6.45, 7) is 3.87. The predicted molar refractivity (Wildman–Crippen MR) is 138 cm³/mol. The number of nitrogens with one attached hydrogen (secondary N) is 1. The second kappa shape index (κ2) is 11.9. The zero-order valence-electron chi connectivity index (χ0n) is 19.7. The Labute approximate surface area is 206 Å². The van der Waals surface area contributed by atoms with Crippen molar-refractivity contribution < 1.29 is 17.9 Å². The molecular weight excluding hydrogens is 468 g/mol. The Kier molecular flexibility index (Phi) is 9.01. The Morgan fingerprint density at radius 2 is 1.65 bits per heavy atom. The minimum atomic E-state index is -4.00. The molecule has 0 bridgehead atoms. The Balaban J connectivity index is 1.74. The SMILES string of the molecule is COc1ccc(C)cc1N(CC(=O)NCCCSc1ccccc1)S(=O)(=O)c1ccc(C)cc1. The van der Waals surface area contributed by atoms with E-state index >= 15 is 0 Å². The van der Waals surface area contributed by atoms with Crippen molar-refractivity contribution in [3.8, 4) is 5.75 Å². The van der Waals surface area contributed by atoms with Crippen molar-refractivity contribution >= 4 is 33.4 Å². The van der Waals surface area contributed by atoms with Gasteiger partial charge in [-0.3, -0.25) is 9.10 Å². The molecule has 0 spiro atoms. The number of methoxy groups -OCH3 is 1. The van der Waals surface area contributed by atoms with Gasteiger partial charge in [0.15, 0.2) is 0 Å². The molecule has 0 aromatic heterocycles. The summed E-state index contributed by atoms with van der Waals surface area (Å²) in [6, 6.07) is 21.9. The van der Waals surface area contributed by atoms with Crippen LogP contribution in [-0.2, 0) is 14.8 Å². The molecular formula is C26H30N2O4S2. The molecule has 0 aliphatic rings. The van der Waals surface area contributed by atoms with Crippen LogP contribution < -0.4 is 14.4 Å². The molecule has 3 rings (SSSR count). The van der Waals surface area contributed by atoms with Gasteiger partial charge in [0.25, 0.3) is 10.0 Å². The zero-order valence-corrected chi connectivity index (χ0v) is 21.3. The quantitative estimate of drug-likeness (QED) is 0.303. The van der Waals surface area contributed by atoms with Gasteiger partial charge >= 0.3 is 0 Å². The van der Waals surface area contributed by atoms with Crippen molar-refractivity contribution in [1.82, 2.24) is 5.32 Å². The van der Waals surface area contributed by atoms with Crippen LogP contribution in [0.1, 0.15) is 17.5 Å². The van der Waals surface area contributed by atoms with Crippen LogP contribution in [0.4, 0.5) is 5.69 Å². The molecule has 34 heavy (non-hydrogen) atoms. The van der Waals surface area contributed by atoms with Gasteiger partial charge in [-0.1, -0.05) is 42.0 Å². The topological polar surface area (TPSA) is 75.7 Å². The van der Waals surface area contributed by atoms with Crippen LogP contribution >= 0.6 is 11.8 Å². The fourth-order valence-electron chi connectivity index (χ4n) is 3.33. The van der Waals surface area contributed by atoms with Crippen LogP contribution in [0.2, 0.25) is 0 Å². The van der Waals surface area contributed by atoms with Gasteiger partial charge in [-0.25, -0.2) is 8.42 Å². The van der Waals surface area contributed by atoms with E-state index in [1.807, 2.05) is 50.2 Å². The van der Waals surface area contributed by atoms with Crippen molar-refractivity contribution in [2.75, 3.05) is 30.3 Å². The summed E-state index contributed by atoms with van der Waals surface area (Å²) in [7, 11) is -2.52. The summed E-state index contributed by atoms with van der Waals surface area (Å²) in [6.07, 6.45) is 0.768. The van der Waals surface area contributed by atoms with Gasteiger partial charge in [-0.2, -0.15) is 0 Å². The van der Waals surface area contributed by atoms with Crippen molar-refractivity contribution in [3.05, 3.63) is 83.9 Å². The predicted octanol–water partition coefficient (Wildman–Crippen LogP) is 4.81. The van der Waals surface area contributed by atoms with Crippen molar-refractivity contribution in [1.29, 1.82) is 0 Å². The van der Waals surface area contributed by atoms with Gasteiger partial charge in [0.1, 0.15) is 12.3 Å². The van der Waals surface area contributed by atoms with Crippen LogP contribution in [-0.4, -0.2) is 40.3 Å². The number of hydrogen-bond donors (Lipinski definition) is 1. The minimum Gasteiger partial charge on any atom is -0.495 e. The molecule has 0 saturated heterocycles. The number of benzene rings is 3. The molecule has 6 nitrogen and oxygen atoms in total. The summed E-state index contributed by atoms with van der Waals surface area (Å²) in [5, 5.41) is 2.85. The number of amides is 1. The molecule has 0 unspecified atom stereocenters. The second-order valence-electron chi connectivity index (χ2n) is 7.87. The smallest absolute Gasteiger partial charge is 0.264 e. The van der Waals surface area contributed by atoms with E-state index < -0.39 is 10.0 Å². The first-order valence-electron chi connectivity index (χ1n) is 11.0. The lowest BCUT2D eigenvalue weighted by atomic mass is 10.2. The van der Waals surface area contributed by atoms with E-state index in [-0.39, 0.29) is 17.3 Å². The van der Waals surface area contributed by atoms with Crippen LogP contribution in [0.3, 0.4) is 0 Å². The molecule has 3 aromatic carbocycles. The number of anilines is 1. The number of thioether (sulfide) groups is 1. The Bertz CT molecular complexity index is 1200. The lowest BCUT2D eigenvalue weighted by molar-refractivity contribution is -0.119. The molecule has 0 saturated carbocycles. The average molecular weight is 499 g/mol. The van der Waals surface area contributed by atoms with Gasteiger partial charge < -0.3 is 10.1 Å². The molecule has 180 valence electrons. The molecule has 3 aromatic rings. The van der Waals surface area contributed by atoms with Gasteiger partial charge in [0.05, 0.1) is 17.7 Å². The number of hydrogen-bond acceptors (Lipinski definition) is 5. The van der Waals surface area contributed by atoms with Gasteiger partial charge in [-0.05, 0) is 68.0 Å². The molecule has 0 fully saturated rings. The van der Waals surface area contributed by atoms with Crippen molar-refractivity contribution in [2.24, 2.45) is 0 Å². The van der Waals surface area contributed by atoms with E-state index in [0.717, 1.165) is 27.6 Å². The van der Waals surface area contributed by atoms with E-state index in [1.54, 1.807) is 48.2 Å². The Hall–Kier alpha value is -2.97. The Morgan fingerprint density at radius 3 is 2.32 bits per heavy atom. The lowest BCUT2D eigenvalue weighted by Gasteiger charge is -2.26. The highest BCUT2D eigenvalue weighted by Crippen LogP contribution is 2.33. The molecule has 0 atom stereocenters. The van der Waals surface area contributed by atoms with Crippen molar-refractivity contribution in [3.63, 3.8) is 0 Å². The average Bonchev–Trinajstić information content (AvgIpc) is 2.83. The molecule has 1 N–H and O–H groups in total. The first-order chi connectivity index (χ1) is 16.3. The Morgan fingerprint density at radius 1 is 0.971 bits per heavy atom. The summed E-state index contributed by atoms with van der Waals surface area (Å²) < 4.78 is 33.7. The van der Waals surface area contributed by atoms with E-state index in [2.05, 4.69) is 5.32 Å². The number of carbonyl (C=O) groups excluding carboxylic acids is 1. The fraction of sp³-hybridized carbons (Fsp3) is 0.269. The number of nitrogens with zero attached hydrogens (tertiary/aromatic N) is 1. The highest BCUT2D eigenvalue weighted by atomic mass is 32.2. The molecule has 0 aliphatic heterocycles. The molecule has 1 amide bonds. The first-order valence-corrected chi connectivity index (χ1v) is 13.4. The van der Waals surface area contributed by atoms with E-state index in [9.17, 15) is 13.2 Å². The summed E-state index contributed by atoms with van der Waals surface area (Å²) >= 11 is 1.72. The third kappa shape index (κ3) is 6.77. The second-order valence-corrected chi connectivity index (χ2v) is 10.9. The highest BCUT2D eigenvalue weighted by molar-refractivity contribution is 7.99. The largest absolute Gasteiger partial charge is 0.495 e. The van der Waals surface area contributed by atoms with Gasteiger partial charge in [-0.15, -0.1) is 11.8 Å². The number of carbonyl (C=O) groups is 1. The van der Waals surface area contributed by atoms with Gasteiger partial charge in [0, 0.05) is 11.4 Å². The molecule has 0 aliphatic carbocycles. The van der Waals surface area contributed by atoms with E-state index in [0.29, 0.717) is 18.0 Å². The van der Waals surface area contributed by atoms with Crippen LogP contribution in [0, 0.1) is 13.8 Å². The van der Waals surface area contributed by atoms with Crippen molar-refractivity contribution in [2.45, 2.75) is 30.1 Å². The van der Waals surface area contributed by atoms with E-state index in [1.165, 1.54) is 12.0 Å². The standard InChI is InChI=1S/C26H30N2O4S2/c1-20-10-13-23(14-11-20)34(30,31)28(24-18-21(2)12-15-25(24)32-3)19-26(29)27-16-7-17-33-22-8-5-4-6-9-22/h4-6,8-15,18H,7,16-17,19H2,1-3H3,(H,27,29). The third-order valence-corrected chi connectivity index (χ3v) is 8.03. The van der Waals surface area contributed by atoms with Crippen LogP contribution in [0.5, 0.6) is 5.75 Å². The van der Waals surface area contributed by atoms with Crippen LogP contribution in [0.25, 0.3) is 0 Å². The summed E-state index contributed by atoms with van der Waals surface area (Å²) in [4.78, 5) is 14.1. The monoisotopic (exact) mass is 498 g/mol. The lowest BCUT2D eigenvalue weighted by Crippen LogP contribution is -2.41. The minimum absolute atomic E-state index is 0.119. The van der Waals surface area contributed by atoms with Gasteiger partial charge in [0.2, 0.25) is 5.91 Å². The molecule has 8 heteroatoms. The summed E-state index contributed by atoms with van der Waals surface area (Å²) in [5.74, 6) is 0.860.